The highest BCUT2D eigenvalue weighted by molar-refractivity contribution is 6.29. The van der Waals surface area contributed by atoms with Crippen molar-refractivity contribution in [2.75, 3.05) is 0 Å². The van der Waals surface area contributed by atoms with Crippen molar-refractivity contribution < 1.29 is 13.3 Å². The molecule has 11 aromatic carbocycles. The van der Waals surface area contributed by atoms with E-state index in [2.05, 4.69) is 170 Å². The van der Waals surface area contributed by atoms with E-state index in [0.29, 0.717) is 17.5 Å². The Labute approximate surface area is 393 Å². The number of nitrogens with zero attached hydrogens (tertiary/aromatic N) is 3. The van der Waals surface area contributed by atoms with Gasteiger partial charge in [0, 0.05) is 49.0 Å². The first-order chi connectivity index (χ1) is 34.1. The van der Waals surface area contributed by atoms with Gasteiger partial charge in [-0.2, -0.15) is 0 Å². The lowest BCUT2D eigenvalue weighted by molar-refractivity contribution is 0.668. The zero-order valence-corrected chi connectivity index (χ0v) is 36.8. The normalized spacial score (nSPS) is 12.1. The van der Waals surface area contributed by atoms with Gasteiger partial charge in [-0.3, -0.25) is 0 Å². The third kappa shape index (κ3) is 5.89. The standard InChI is InChI=1S/C63H35N3O3/c1-2-11-36(12-3-1)42-17-10-18-48-43-13-4-5-14-44(43)50-33-39(22-27-49(50)60(42)48)61-64-62(40-25-30-57-53(34-40)46-16-7-9-20-55(46)68-57)66-63(65-61)41-21-26-47-52-32-38(24-29-58(52)69-59(47)35-41)37-23-28-56-51(31-37)45-15-6-8-19-54(45)67-56/h1-35H. The Kier molecular flexibility index (Phi) is 7.97. The van der Waals surface area contributed by atoms with Crippen molar-refractivity contribution in [3.63, 3.8) is 0 Å². The molecule has 0 atom stereocenters. The lowest BCUT2D eigenvalue weighted by Crippen LogP contribution is -2.00. The second-order valence-corrected chi connectivity index (χ2v) is 17.8. The maximum Gasteiger partial charge on any atom is 0.164 e. The molecule has 6 heteroatoms. The molecule has 0 fully saturated rings. The molecule has 69 heavy (non-hydrogen) atoms. The molecule has 0 aliphatic rings. The first-order valence-corrected chi connectivity index (χ1v) is 23.1. The summed E-state index contributed by atoms with van der Waals surface area (Å²) in [6, 6.07) is 74.2. The van der Waals surface area contributed by atoms with Crippen LogP contribution in [0.5, 0.6) is 0 Å². The second kappa shape index (κ2) is 14.6. The molecule has 0 N–H and O–H groups in total. The Morgan fingerprint density at radius 3 is 1.22 bits per heavy atom. The summed E-state index contributed by atoms with van der Waals surface area (Å²) in [5.41, 5.74) is 12.2. The van der Waals surface area contributed by atoms with Crippen LogP contribution in [0.25, 0.3) is 155 Å². The van der Waals surface area contributed by atoms with Crippen molar-refractivity contribution in [1.29, 1.82) is 0 Å². The van der Waals surface area contributed by atoms with E-state index < -0.39 is 0 Å². The number of hydrogen-bond acceptors (Lipinski definition) is 6. The summed E-state index contributed by atoms with van der Waals surface area (Å²) in [6.07, 6.45) is 0. The highest BCUT2D eigenvalue weighted by Crippen LogP contribution is 2.43. The Bertz CT molecular complexity index is 4620. The van der Waals surface area contributed by atoms with Crippen LogP contribution in [0.2, 0.25) is 0 Å². The van der Waals surface area contributed by atoms with Crippen LogP contribution in [-0.2, 0) is 0 Å². The molecule has 0 spiro atoms. The number of hydrogen-bond donors (Lipinski definition) is 0. The Morgan fingerprint density at radius 2 is 0.609 bits per heavy atom. The molecule has 0 aliphatic heterocycles. The molecule has 15 rings (SSSR count). The van der Waals surface area contributed by atoms with E-state index in [1.54, 1.807) is 0 Å². The molecule has 0 aliphatic carbocycles. The zero-order chi connectivity index (χ0) is 45.2. The van der Waals surface area contributed by atoms with Crippen molar-refractivity contribution in [2.45, 2.75) is 0 Å². The first kappa shape index (κ1) is 37.8. The van der Waals surface area contributed by atoms with Crippen LogP contribution in [0.1, 0.15) is 0 Å². The number of benzene rings is 11. The topological polar surface area (TPSA) is 78.1 Å². The second-order valence-electron chi connectivity index (χ2n) is 17.8. The molecule has 0 radical (unpaired) electrons. The number of fused-ring (bicyclic) bond motifs is 15. The third-order valence-corrected chi connectivity index (χ3v) is 13.9. The van der Waals surface area contributed by atoms with Gasteiger partial charge in [-0.05, 0) is 127 Å². The Balaban J connectivity index is 0.905. The summed E-state index contributed by atoms with van der Waals surface area (Å²) in [5, 5.41) is 13.4. The molecule has 0 saturated carbocycles. The van der Waals surface area contributed by atoms with Crippen LogP contribution in [0.4, 0.5) is 0 Å². The number of rotatable bonds is 5. The van der Waals surface area contributed by atoms with Gasteiger partial charge in [0.05, 0.1) is 0 Å². The minimum atomic E-state index is 0.547. The van der Waals surface area contributed by atoms with Crippen LogP contribution in [-0.4, -0.2) is 15.0 Å². The lowest BCUT2D eigenvalue weighted by Gasteiger charge is -2.15. The Morgan fingerprint density at radius 1 is 0.217 bits per heavy atom. The largest absolute Gasteiger partial charge is 0.456 e. The predicted molar refractivity (Wildman–Crippen MR) is 281 cm³/mol. The predicted octanol–water partition coefficient (Wildman–Crippen LogP) is 17.4. The number of aromatic nitrogens is 3. The van der Waals surface area contributed by atoms with E-state index in [9.17, 15) is 0 Å². The van der Waals surface area contributed by atoms with Gasteiger partial charge in [-0.15, -0.1) is 0 Å². The molecule has 0 saturated heterocycles. The summed E-state index contributed by atoms with van der Waals surface area (Å²) >= 11 is 0. The molecule has 4 aromatic heterocycles. The van der Waals surface area contributed by atoms with Crippen LogP contribution in [0.15, 0.2) is 226 Å². The van der Waals surface area contributed by atoms with Crippen LogP contribution in [0.3, 0.4) is 0 Å². The lowest BCUT2D eigenvalue weighted by atomic mass is 9.89. The molecule has 0 bridgehead atoms. The SMILES string of the molecule is c1ccc(-c2cccc3c4ccccc4c4cc(-c5nc(-c6ccc7c(c6)oc6ccc(-c8ccc9oc%10ccccc%10c9c8)cc67)nc(-c6ccc7oc8ccccc8c7c6)n5)ccc4c23)cc1. The average molecular weight is 882 g/mol. The van der Waals surface area contributed by atoms with Gasteiger partial charge in [0.15, 0.2) is 17.5 Å². The van der Waals surface area contributed by atoms with E-state index in [-0.39, 0.29) is 0 Å². The van der Waals surface area contributed by atoms with Crippen LogP contribution >= 0.6 is 0 Å². The minimum Gasteiger partial charge on any atom is -0.456 e. The van der Waals surface area contributed by atoms with Gasteiger partial charge in [-0.25, -0.2) is 15.0 Å². The van der Waals surface area contributed by atoms with E-state index in [1.807, 2.05) is 42.5 Å². The van der Waals surface area contributed by atoms with Crippen LogP contribution < -0.4 is 0 Å². The molecule has 320 valence electrons. The fourth-order valence-corrected chi connectivity index (χ4v) is 10.6. The van der Waals surface area contributed by atoms with Gasteiger partial charge in [-0.1, -0.05) is 140 Å². The highest BCUT2D eigenvalue weighted by Gasteiger charge is 2.19. The summed E-state index contributed by atoms with van der Waals surface area (Å²) in [4.78, 5) is 15.8. The van der Waals surface area contributed by atoms with E-state index in [0.717, 1.165) is 99.0 Å². The van der Waals surface area contributed by atoms with Gasteiger partial charge in [0.25, 0.3) is 0 Å². The fourth-order valence-electron chi connectivity index (χ4n) is 10.6. The van der Waals surface area contributed by atoms with Gasteiger partial charge in [0.2, 0.25) is 0 Å². The molecule has 4 heterocycles. The number of furan rings is 3. The molecular weight excluding hydrogens is 847 g/mol. The van der Waals surface area contributed by atoms with E-state index in [1.165, 1.54) is 38.1 Å². The summed E-state index contributed by atoms with van der Waals surface area (Å²) < 4.78 is 19.0. The van der Waals surface area contributed by atoms with Gasteiger partial charge in [0.1, 0.15) is 33.5 Å². The first-order valence-electron chi connectivity index (χ1n) is 23.1. The van der Waals surface area contributed by atoms with E-state index in [4.69, 9.17) is 28.2 Å². The maximum atomic E-state index is 6.60. The molecule has 15 aromatic rings. The number of para-hydroxylation sites is 2. The summed E-state index contributed by atoms with van der Waals surface area (Å²) in [7, 11) is 0. The molecule has 0 amide bonds. The van der Waals surface area contributed by atoms with Crippen molar-refractivity contribution in [3.8, 4) is 56.4 Å². The van der Waals surface area contributed by atoms with Crippen molar-refractivity contribution in [2.24, 2.45) is 0 Å². The molecule has 6 nitrogen and oxygen atoms in total. The van der Waals surface area contributed by atoms with Crippen molar-refractivity contribution in [3.05, 3.63) is 212 Å². The Hall–Kier alpha value is -9.39. The average Bonchev–Trinajstić information content (AvgIpc) is 4.11. The third-order valence-electron chi connectivity index (χ3n) is 13.9. The highest BCUT2D eigenvalue weighted by atomic mass is 16.3. The van der Waals surface area contributed by atoms with Crippen molar-refractivity contribution in [1.82, 2.24) is 15.0 Å². The van der Waals surface area contributed by atoms with Gasteiger partial charge >= 0.3 is 0 Å². The maximum absolute atomic E-state index is 6.60. The molecule has 0 unspecified atom stereocenters. The van der Waals surface area contributed by atoms with Crippen LogP contribution in [0, 0.1) is 0 Å². The fraction of sp³-hybridized carbons (Fsp3) is 0. The minimum absolute atomic E-state index is 0.547. The monoisotopic (exact) mass is 881 g/mol. The zero-order valence-electron chi connectivity index (χ0n) is 36.8. The smallest absolute Gasteiger partial charge is 0.164 e. The van der Waals surface area contributed by atoms with Crippen molar-refractivity contribution >= 4 is 98.1 Å². The molecular formula is C63H35N3O3. The van der Waals surface area contributed by atoms with E-state index >= 15 is 0 Å². The quantitative estimate of drug-likeness (QED) is 0.160. The van der Waals surface area contributed by atoms with Gasteiger partial charge < -0.3 is 13.3 Å². The summed E-state index contributed by atoms with van der Waals surface area (Å²) in [5.74, 6) is 1.69. The summed E-state index contributed by atoms with van der Waals surface area (Å²) in [6.45, 7) is 0.